The SMILES string of the molecule is COCC(C)(NC(=O)Cc1cc(OC)ccc1OC)C(=O)O. The number of nitrogens with one attached hydrogen (secondary N) is 1. The fraction of sp³-hybridized carbons (Fsp3) is 0.467. The molecule has 0 radical (unpaired) electrons. The zero-order valence-electron chi connectivity index (χ0n) is 13.1. The summed E-state index contributed by atoms with van der Waals surface area (Å²) >= 11 is 0. The molecule has 122 valence electrons. The zero-order valence-corrected chi connectivity index (χ0v) is 13.1. The Labute approximate surface area is 129 Å². The van der Waals surface area contributed by atoms with E-state index < -0.39 is 17.4 Å². The largest absolute Gasteiger partial charge is 0.497 e. The Morgan fingerprint density at radius 2 is 1.91 bits per heavy atom. The van der Waals surface area contributed by atoms with E-state index >= 15 is 0 Å². The van der Waals surface area contributed by atoms with Gasteiger partial charge in [0.1, 0.15) is 11.5 Å². The van der Waals surface area contributed by atoms with Crippen molar-refractivity contribution in [3.05, 3.63) is 23.8 Å². The number of carbonyl (C=O) groups is 2. The van der Waals surface area contributed by atoms with Crippen LogP contribution in [0, 0.1) is 0 Å². The van der Waals surface area contributed by atoms with Crippen molar-refractivity contribution in [3.8, 4) is 11.5 Å². The van der Waals surface area contributed by atoms with Gasteiger partial charge in [0.15, 0.2) is 5.54 Å². The lowest BCUT2D eigenvalue weighted by molar-refractivity contribution is -0.149. The van der Waals surface area contributed by atoms with Gasteiger partial charge in [-0.25, -0.2) is 4.79 Å². The van der Waals surface area contributed by atoms with Crippen LogP contribution in [0.15, 0.2) is 18.2 Å². The lowest BCUT2D eigenvalue weighted by Crippen LogP contribution is -2.55. The number of aliphatic carboxylic acids is 1. The predicted molar refractivity (Wildman–Crippen MR) is 79.3 cm³/mol. The number of hydrogen-bond donors (Lipinski definition) is 2. The van der Waals surface area contributed by atoms with Gasteiger partial charge >= 0.3 is 5.97 Å². The summed E-state index contributed by atoms with van der Waals surface area (Å²) in [6, 6.07) is 5.08. The van der Waals surface area contributed by atoms with Gasteiger partial charge in [-0.1, -0.05) is 0 Å². The summed E-state index contributed by atoms with van der Waals surface area (Å²) < 4.78 is 15.2. The normalized spacial score (nSPS) is 13.1. The summed E-state index contributed by atoms with van der Waals surface area (Å²) in [6.45, 7) is 1.25. The van der Waals surface area contributed by atoms with Crippen LogP contribution in [0.2, 0.25) is 0 Å². The van der Waals surface area contributed by atoms with Gasteiger partial charge in [0, 0.05) is 12.7 Å². The monoisotopic (exact) mass is 311 g/mol. The Morgan fingerprint density at radius 1 is 1.23 bits per heavy atom. The number of ether oxygens (including phenoxy) is 3. The van der Waals surface area contributed by atoms with E-state index in [0.717, 1.165) is 0 Å². The Hall–Kier alpha value is -2.28. The molecule has 0 heterocycles. The highest BCUT2D eigenvalue weighted by Gasteiger charge is 2.35. The van der Waals surface area contributed by atoms with Crippen molar-refractivity contribution in [2.24, 2.45) is 0 Å². The topological polar surface area (TPSA) is 94.1 Å². The van der Waals surface area contributed by atoms with Gasteiger partial charge in [0.25, 0.3) is 0 Å². The zero-order chi connectivity index (χ0) is 16.8. The van der Waals surface area contributed by atoms with E-state index in [9.17, 15) is 14.7 Å². The lowest BCUT2D eigenvalue weighted by Gasteiger charge is -2.25. The second-order valence-corrected chi connectivity index (χ2v) is 4.97. The molecule has 1 unspecified atom stereocenters. The average Bonchev–Trinajstić information content (AvgIpc) is 2.46. The van der Waals surface area contributed by atoms with Crippen molar-refractivity contribution in [1.29, 1.82) is 0 Å². The molecule has 0 aromatic heterocycles. The highest BCUT2D eigenvalue weighted by atomic mass is 16.5. The summed E-state index contributed by atoms with van der Waals surface area (Å²) in [4.78, 5) is 23.4. The van der Waals surface area contributed by atoms with Crippen molar-refractivity contribution >= 4 is 11.9 Å². The highest BCUT2D eigenvalue weighted by molar-refractivity contribution is 5.88. The van der Waals surface area contributed by atoms with E-state index in [0.29, 0.717) is 17.1 Å². The third-order valence-corrected chi connectivity index (χ3v) is 3.16. The fourth-order valence-electron chi connectivity index (χ4n) is 1.98. The smallest absolute Gasteiger partial charge is 0.331 e. The number of carbonyl (C=O) groups excluding carboxylic acids is 1. The molecule has 1 aromatic rings. The standard InChI is InChI=1S/C15H21NO6/c1-15(9-20-2,14(18)19)16-13(17)8-10-7-11(21-3)5-6-12(10)22-4/h5-7H,8-9H2,1-4H3,(H,16,17)(H,18,19). The molecule has 0 aliphatic heterocycles. The van der Waals surface area contributed by atoms with Crippen molar-refractivity contribution in [1.82, 2.24) is 5.32 Å². The molecule has 0 fully saturated rings. The molecular formula is C15H21NO6. The number of amides is 1. The van der Waals surface area contributed by atoms with E-state index in [1.165, 1.54) is 28.3 Å². The van der Waals surface area contributed by atoms with Crippen molar-refractivity contribution < 1.29 is 28.9 Å². The molecule has 1 aromatic carbocycles. The van der Waals surface area contributed by atoms with Gasteiger partial charge in [-0.05, 0) is 25.1 Å². The molecule has 0 aliphatic rings. The lowest BCUT2D eigenvalue weighted by atomic mass is 10.0. The van der Waals surface area contributed by atoms with Crippen LogP contribution in [-0.2, 0) is 20.7 Å². The van der Waals surface area contributed by atoms with E-state index in [1.807, 2.05) is 0 Å². The molecule has 1 amide bonds. The number of carboxylic acid groups (broad SMARTS) is 1. The first-order valence-electron chi connectivity index (χ1n) is 6.60. The van der Waals surface area contributed by atoms with Crippen molar-refractivity contribution in [3.63, 3.8) is 0 Å². The first kappa shape index (κ1) is 17.8. The van der Waals surface area contributed by atoms with Crippen molar-refractivity contribution in [2.45, 2.75) is 18.9 Å². The van der Waals surface area contributed by atoms with Crippen LogP contribution in [0.25, 0.3) is 0 Å². The molecule has 7 nitrogen and oxygen atoms in total. The molecular weight excluding hydrogens is 290 g/mol. The number of rotatable bonds is 8. The quantitative estimate of drug-likeness (QED) is 0.739. The van der Waals surface area contributed by atoms with Gasteiger partial charge in [-0.3, -0.25) is 4.79 Å². The number of benzene rings is 1. The molecule has 22 heavy (non-hydrogen) atoms. The third kappa shape index (κ3) is 4.36. The first-order valence-corrected chi connectivity index (χ1v) is 6.60. The summed E-state index contributed by atoms with van der Waals surface area (Å²) in [5.74, 6) is -0.505. The maximum absolute atomic E-state index is 12.1. The van der Waals surface area contributed by atoms with E-state index in [1.54, 1.807) is 18.2 Å². The van der Waals surface area contributed by atoms with Crippen LogP contribution >= 0.6 is 0 Å². The number of methoxy groups -OCH3 is 3. The van der Waals surface area contributed by atoms with Crippen LogP contribution in [0.4, 0.5) is 0 Å². The average molecular weight is 311 g/mol. The molecule has 0 bridgehead atoms. The van der Waals surface area contributed by atoms with Crippen molar-refractivity contribution in [2.75, 3.05) is 27.9 Å². The second kappa shape index (κ2) is 7.65. The molecule has 0 spiro atoms. The van der Waals surface area contributed by atoms with Crippen LogP contribution in [0.5, 0.6) is 11.5 Å². The van der Waals surface area contributed by atoms with E-state index in [2.05, 4.69) is 5.32 Å². The predicted octanol–water partition coefficient (Wildman–Crippen LogP) is 0.852. The van der Waals surface area contributed by atoms with Gasteiger partial charge in [0.2, 0.25) is 5.91 Å². The maximum Gasteiger partial charge on any atom is 0.331 e. The minimum atomic E-state index is -1.49. The minimum absolute atomic E-state index is 0.0348. The Balaban J connectivity index is 2.90. The molecule has 2 N–H and O–H groups in total. The summed E-state index contributed by atoms with van der Waals surface area (Å²) in [5, 5.41) is 11.7. The first-order chi connectivity index (χ1) is 10.4. The molecule has 7 heteroatoms. The van der Waals surface area contributed by atoms with Gasteiger partial charge < -0.3 is 24.6 Å². The second-order valence-electron chi connectivity index (χ2n) is 4.97. The van der Waals surface area contributed by atoms with Crippen LogP contribution < -0.4 is 14.8 Å². The van der Waals surface area contributed by atoms with Gasteiger partial charge in [-0.15, -0.1) is 0 Å². The molecule has 0 saturated heterocycles. The summed E-state index contributed by atoms with van der Waals surface area (Å²) in [6.07, 6.45) is -0.0348. The number of hydrogen-bond acceptors (Lipinski definition) is 5. The maximum atomic E-state index is 12.1. The highest BCUT2D eigenvalue weighted by Crippen LogP contribution is 2.24. The van der Waals surface area contributed by atoms with E-state index in [-0.39, 0.29) is 13.0 Å². The molecule has 0 aliphatic carbocycles. The third-order valence-electron chi connectivity index (χ3n) is 3.16. The molecule has 0 saturated carbocycles. The Morgan fingerprint density at radius 3 is 2.41 bits per heavy atom. The van der Waals surface area contributed by atoms with Crippen LogP contribution in [0.3, 0.4) is 0 Å². The summed E-state index contributed by atoms with van der Waals surface area (Å²) in [5.41, 5.74) is -0.887. The van der Waals surface area contributed by atoms with Crippen LogP contribution in [-0.4, -0.2) is 50.5 Å². The van der Waals surface area contributed by atoms with Crippen LogP contribution in [0.1, 0.15) is 12.5 Å². The number of carboxylic acids is 1. The Kier molecular flexibility index (Phi) is 6.18. The fourth-order valence-corrected chi connectivity index (χ4v) is 1.98. The molecule has 1 rings (SSSR count). The minimum Gasteiger partial charge on any atom is -0.497 e. The van der Waals surface area contributed by atoms with E-state index in [4.69, 9.17) is 14.2 Å². The van der Waals surface area contributed by atoms with Gasteiger partial charge in [0.05, 0.1) is 27.2 Å². The Bertz CT molecular complexity index is 545. The summed E-state index contributed by atoms with van der Waals surface area (Å²) in [7, 11) is 4.39. The van der Waals surface area contributed by atoms with Gasteiger partial charge in [-0.2, -0.15) is 0 Å². The molecule has 1 atom stereocenters.